The Morgan fingerprint density at radius 1 is 1.58 bits per heavy atom. The second kappa shape index (κ2) is 3.60. The van der Waals surface area contributed by atoms with E-state index in [1.165, 1.54) is 18.4 Å². The highest BCUT2D eigenvalue weighted by molar-refractivity contribution is 7.90. The fourth-order valence-electron chi connectivity index (χ4n) is 0.808. The van der Waals surface area contributed by atoms with Crippen LogP contribution in [0.1, 0.15) is 10.4 Å². The van der Waals surface area contributed by atoms with Gasteiger partial charge in [0.2, 0.25) is 0 Å². The Morgan fingerprint density at radius 2 is 2.25 bits per heavy atom. The molecule has 1 rings (SSSR count). The number of carbonyl (C=O) groups is 1. The molecule has 1 unspecified atom stereocenters. The lowest BCUT2D eigenvalue weighted by atomic mass is 10.2. The van der Waals surface area contributed by atoms with E-state index in [2.05, 4.69) is 0 Å². The Balaban J connectivity index is 3.04. The first-order valence-electron chi connectivity index (χ1n) is 3.28. The highest BCUT2D eigenvalue weighted by atomic mass is 32.2. The van der Waals surface area contributed by atoms with Crippen molar-refractivity contribution in [2.75, 3.05) is 6.26 Å². The second-order valence-electron chi connectivity index (χ2n) is 2.29. The molecule has 0 bridgehead atoms. The highest BCUT2D eigenvalue weighted by Crippen LogP contribution is 2.10. The van der Waals surface area contributed by atoms with Gasteiger partial charge >= 0.3 is 5.97 Å². The number of rotatable bonds is 2. The van der Waals surface area contributed by atoms with Gasteiger partial charge in [0.1, 0.15) is 6.26 Å². The molecule has 1 N–H and O–H groups in total. The molecule has 1 aromatic carbocycles. The third-order valence-corrected chi connectivity index (χ3v) is 2.33. The van der Waals surface area contributed by atoms with Crippen molar-refractivity contribution in [3.63, 3.8) is 0 Å². The van der Waals surface area contributed by atoms with E-state index < -0.39 is 17.1 Å². The molecule has 0 fully saturated rings. The van der Waals surface area contributed by atoms with Crippen molar-refractivity contribution in [3.8, 4) is 0 Å². The number of benzene rings is 1. The van der Waals surface area contributed by atoms with Gasteiger partial charge in [0.15, 0.2) is 4.90 Å². The van der Waals surface area contributed by atoms with Crippen LogP contribution in [0.4, 0.5) is 0 Å². The largest absolute Gasteiger partial charge is 0.612 e. The third-order valence-electron chi connectivity index (χ3n) is 1.41. The van der Waals surface area contributed by atoms with Crippen molar-refractivity contribution < 1.29 is 14.5 Å². The lowest BCUT2D eigenvalue weighted by Crippen LogP contribution is -2.01. The average molecular weight is 184 g/mol. The number of carboxylic acid groups (broad SMARTS) is 1. The van der Waals surface area contributed by atoms with Crippen molar-refractivity contribution in [2.24, 2.45) is 0 Å². The van der Waals surface area contributed by atoms with Gasteiger partial charge in [0, 0.05) is 6.07 Å². The molecule has 0 radical (unpaired) electrons. The zero-order valence-corrected chi connectivity index (χ0v) is 7.30. The molecular formula is C8H8O3S. The molecule has 4 heteroatoms. The van der Waals surface area contributed by atoms with E-state index in [1.807, 2.05) is 0 Å². The van der Waals surface area contributed by atoms with Crippen LogP contribution < -0.4 is 0 Å². The molecule has 12 heavy (non-hydrogen) atoms. The van der Waals surface area contributed by atoms with Crippen LogP contribution in [0.25, 0.3) is 0 Å². The maximum absolute atomic E-state index is 10.9. The molecule has 0 aromatic heterocycles. The quantitative estimate of drug-likeness (QED) is 0.701. The van der Waals surface area contributed by atoms with Crippen LogP contribution >= 0.6 is 0 Å². The monoisotopic (exact) mass is 184 g/mol. The van der Waals surface area contributed by atoms with Gasteiger partial charge in [0.25, 0.3) is 0 Å². The molecule has 0 heterocycles. The Kier molecular flexibility index (Phi) is 2.73. The molecule has 64 valence electrons. The van der Waals surface area contributed by atoms with Crippen LogP contribution in [-0.2, 0) is 11.2 Å². The highest BCUT2D eigenvalue weighted by Gasteiger charge is 2.08. The first-order valence-corrected chi connectivity index (χ1v) is 4.84. The summed E-state index contributed by atoms with van der Waals surface area (Å²) in [6.07, 6.45) is 1.51. The fraction of sp³-hybridized carbons (Fsp3) is 0.125. The Bertz CT molecular complexity index is 296. The van der Waals surface area contributed by atoms with Crippen LogP contribution in [-0.4, -0.2) is 21.9 Å². The van der Waals surface area contributed by atoms with Crippen molar-refractivity contribution in [3.05, 3.63) is 29.8 Å². The third kappa shape index (κ3) is 1.99. The van der Waals surface area contributed by atoms with Gasteiger partial charge in [-0.15, -0.1) is 0 Å². The summed E-state index contributed by atoms with van der Waals surface area (Å²) in [7, 11) is 0. The van der Waals surface area contributed by atoms with Gasteiger partial charge in [-0.3, -0.25) is 0 Å². The van der Waals surface area contributed by atoms with E-state index in [4.69, 9.17) is 5.11 Å². The molecule has 1 aromatic rings. The summed E-state index contributed by atoms with van der Waals surface area (Å²) >= 11 is -1.12. The van der Waals surface area contributed by atoms with Gasteiger partial charge < -0.3 is 9.66 Å². The smallest absolute Gasteiger partial charge is 0.335 e. The molecule has 0 spiro atoms. The van der Waals surface area contributed by atoms with Crippen molar-refractivity contribution >= 4 is 17.1 Å². The molecule has 0 aliphatic heterocycles. The number of hydrogen-bond donors (Lipinski definition) is 1. The minimum Gasteiger partial charge on any atom is -0.612 e. The maximum Gasteiger partial charge on any atom is 0.335 e. The van der Waals surface area contributed by atoms with E-state index in [9.17, 15) is 9.35 Å². The normalized spacial score (nSPS) is 12.5. The summed E-state index contributed by atoms with van der Waals surface area (Å²) in [5.74, 6) is -0.998. The van der Waals surface area contributed by atoms with Crippen molar-refractivity contribution in [2.45, 2.75) is 4.90 Å². The molecule has 0 aliphatic carbocycles. The summed E-state index contributed by atoms with van der Waals surface area (Å²) in [5.41, 5.74) is 0.169. The van der Waals surface area contributed by atoms with Crippen LogP contribution in [0.3, 0.4) is 0 Å². The van der Waals surface area contributed by atoms with Gasteiger partial charge in [-0.05, 0) is 23.3 Å². The first kappa shape index (κ1) is 9.09. The molecule has 0 saturated heterocycles. The molecule has 0 amide bonds. The molecule has 0 saturated carbocycles. The number of hydrogen-bond acceptors (Lipinski definition) is 2. The number of aromatic carboxylic acids is 1. The van der Waals surface area contributed by atoms with Gasteiger partial charge in [-0.2, -0.15) is 0 Å². The molecule has 1 atom stereocenters. The SMILES string of the molecule is C[S+]([O-])c1cccc(C(=O)O)c1. The van der Waals surface area contributed by atoms with Crippen molar-refractivity contribution in [1.82, 2.24) is 0 Å². The van der Waals surface area contributed by atoms with E-state index in [0.29, 0.717) is 4.90 Å². The lowest BCUT2D eigenvalue weighted by molar-refractivity contribution is 0.0696. The zero-order chi connectivity index (χ0) is 9.14. The predicted octanol–water partition coefficient (Wildman–Crippen LogP) is 1.12. The number of carboxylic acids is 1. The summed E-state index contributed by atoms with van der Waals surface area (Å²) in [6, 6.07) is 6.11. The second-order valence-corrected chi connectivity index (χ2v) is 3.67. The average Bonchev–Trinajstić information content (AvgIpc) is 2.04. The summed E-state index contributed by atoms with van der Waals surface area (Å²) in [5, 5.41) is 8.59. The topological polar surface area (TPSA) is 60.4 Å². The van der Waals surface area contributed by atoms with Crippen LogP contribution in [0, 0.1) is 0 Å². The van der Waals surface area contributed by atoms with Crippen LogP contribution in [0.2, 0.25) is 0 Å². The first-order chi connectivity index (χ1) is 5.61. The molecule has 3 nitrogen and oxygen atoms in total. The fourth-order valence-corrected chi connectivity index (χ4v) is 1.37. The molecular weight excluding hydrogens is 176 g/mol. The predicted molar refractivity (Wildman–Crippen MR) is 45.7 cm³/mol. The Hall–Kier alpha value is -1.00. The Labute approximate surface area is 73.2 Å². The lowest BCUT2D eigenvalue weighted by Gasteiger charge is -2.03. The standard InChI is InChI=1S/C8H8O3S/c1-12(11)7-4-2-3-6(5-7)8(9)10/h2-5H,1H3,(H,9,10). The molecule has 0 aliphatic rings. The van der Waals surface area contributed by atoms with Crippen LogP contribution in [0.15, 0.2) is 29.2 Å². The van der Waals surface area contributed by atoms with Crippen LogP contribution in [0.5, 0.6) is 0 Å². The van der Waals surface area contributed by atoms with E-state index in [0.717, 1.165) is 0 Å². The zero-order valence-electron chi connectivity index (χ0n) is 6.48. The van der Waals surface area contributed by atoms with E-state index in [1.54, 1.807) is 12.1 Å². The van der Waals surface area contributed by atoms with Crippen molar-refractivity contribution in [1.29, 1.82) is 0 Å². The van der Waals surface area contributed by atoms with Gasteiger partial charge in [0.05, 0.1) is 5.56 Å². The van der Waals surface area contributed by atoms with Gasteiger partial charge in [-0.1, -0.05) is 6.07 Å². The minimum atomic E-state index is -1.12. The Morgan fingerprint density at radius 3 is 2.75 bits per heavy atom. The summed E-state index contributed by atoms with van der Waals surface area (Å²) < 4.78 is 10.9. The summed E-state index contributed by atoms with van der Waals surface area (Å²) in [4.78, 5) is 11.0. The van der Waals surface area contributed by atoms with Gasteiger partial charge in [-0.25, -0.2) is 4.79 Å². The van der Waals surface area contributed by atoms with E-state index in [-0.39, 0.29) is 5.56 Å². The van der Waals surface area contributed by atoms with E-state index >= 15 is 0 Å². The summed E-state index contributed by atoms with van der Waals surface area (Å²) in [6.45, 7) is 0. The minimum absolute atomic E-state index is 0.169. The maximum atomic E-state index is 10.9.